The lowest BCUT2D eigenvalue weighted by atomic mass is 9.95. The first kappa shape index (κ1) is 40.5. The summed E-state index contributed by atoms with van der Waals surface area (Å²) in [6, 6.07) is 12.4. The van der Waals surface area contributed by atoms with Gasteiger partial charge in [-0.25, -0.2) is 4.79 Å². The number of nitrogens with zero attached hydrogens (tertiary/aromatic N) is 2. The summed E-state index contributed by atoms with van der Waals surface area (Å²) in [6.07, 6.45) is 1.83. The Morgan fingerprint density at radius 3 is 2.09 bits per heavy atom. The fraction of sp³-hybridized carbons (Fsp3) is 0.513. The second kappa shape index (κ2) is 18.0. The van der Waals surface area contributed by atoms with Gasteiger partial charge in [0, 0.05) is 20.6 Å². The van der Waals surface area contributed by atoms with Crippen molar-refractivity contribution >= 4 is 41.4 Å². The highest BCUT2D eigenvalue weighted by Gasteiger charge is 2.43. The summed E-state index contributed by atoms with van der Waals surface area (Å²) in [5.41, 5.74) is 1.94. The average Bonchev–Trinajstić information content (AvgIpc) is 3.78. The first-order chi connectivity index (χ1) is 25.1. The first-order valence-corrected chi connectivity index (χ1v) is 18.1. The molecule has 0 radical (unpaired) electrons. The van der Waals surface area contributed by atoms with Gasteiger partial charge in [-0.05, 0) is 75.5 Å². The predicted molar refractivity (Wildman–Crippen MR) is 196 cm³/mol. The summed E-state index contributed by atoms with van der Waals surface area (Å²) in [7, 11) is 3.11. The largest absolute Gasteiger partial charge is 0.444 e. The van der Waals surface area contributed by atoms with Gasteiger partial charge >= 0.3 is 6.09 Å². The van der Waals surface area contributed by atoms with E-state index < -0.39 is 71.8 Å². The molecule has 1 fully saturated rings. The van der Waals surface area contributed by atoms with Crippen molar-refractivity contribution in [2.24, 2.45) is 5.92 Å². The topological polar surface area (TPSA) is 183 Å². The predicted octanol–water partition coefficient (Wildman–Crippen LogP) is 2.20. The standard InChI is InChI=1S/C39H52N6O8/c1-7-14-28(33(47)35(49)40-23-30(46)42-31(36(50)44(5)6)24-15-9-8-10-16-24)41-34(48)29-19-13-20-45(29)37(51)32(43-38(52)53-39(2,3)4)27-21-25-17-11-12-18-26(25)22-27/h8-12,15-18,27-29,31-32H,7,13-14,19-23H2,1-6H3,(H,40,49)(H,41,48)(H,42,46)(H,43,52)/t28?,29-,31-,32-/m0/s1. The number of likely N-dealkylation sites (N-methyl/N-ethyl adjacent to an activating group) is 1. The van der Waals surface area contributed by atoms with E-state index >= 15 is 0 Å². The lowest BCUT2D eigenvalue weighted by Crippen LogP contribution is -2.58. The van der Waals surface area contributed by atoms with Crippen molar-refractivity contribution in [1.29, 1.82) is 0 Å². The van der Waals surface area contributed by atoms with Crippen LogP contribution < -0.4 is 21.3 Å². The van der Waals surface area contributed by atoms with E-state index in [0.29, 0.717) is 37.7 Å². The summed E-state index contributed by atoms with van der Waals surface area (Å²) in [4.78, 5) is 95.6. The Bertz CT molecular complexity index is 1650. The highest BCUT2D eigenvalue weighted by atomic mass is 16.6. The fourth-order valence-corrected chi connectivity index (χ4v) is 6.76. The van der Waals surface area contributed by atoms with Crippen LogP contribution in [0.4, 0.5) is 4.79 Å². The van der Waals surface area contributed by atoms with Crippen molar-refractivity contribution in [2.45, 2.75) is 96.0 Å². The third-order valence-electron chi connectivity index (χ3n) is 9.30. The van der Waals surface area contributed by atoms with Gasteiger partial charge in [-0.15, -0.1) is 0 Å². The molecule has 4 atom stereocenters. The smallest absolute Gasteiger partial charge is 0.408 e. The molecule has 286 valence electrons. The molecular weight excluding hydrogens is 680 g/mol. The molecule has 1 aliphatic carbocycles. The molecule has 1 unspecified atom stereocenters. The Morgan fingerprint density at radius 1 is 0.887 bits per heavy atom. The molecule has 1 saturated heterocycles. The molecule has 1 heterocycles. The second-order valence-corrected chi connectivity index (χ2v) is 14.8. The van der Waals surface area contributed by atoms with E-state index in [1.165, 1.54) is 9.80 Å². The molecule has 4 rings (SSSR count). The number of fused-ring (bicyclic) bond motifs is 1. The molecule has 14 heteroatoms. The van der Waals surface area contributed by atoms with Crippen LogP contribution in [-0.2, 0) is 46.3 Å². The first-order valence-electron chi connectivity index (χ1n) is 18.1. The molecular formula is C39H52N6O8. The third-order valence-corrected chi connectivity index (χ3v) is 9.30. The maximum absolute atomic E-state index is 14.2. The number of ether oxygens (including phenoxy) is 1. The number of amides is 6. The molecule has 2 aromatic carbocycles. The number of benzene rings is 2. The van der Waals surface area contributed by atoms with Crippen LogP contribution in [0.2, 0.25) is 0 Å². The van der Waals surface area contributed by atoms with Crippen molar-refractivity contribution in [2.75, 3.05) is 27.2 Å². The van der Waals surface area contributed by atoms with Crippen LogP contribution in [0, 0.1) is 5.92 Å². The Hall–Kier alpha value is -5.27. The number of hydrogen-bond donors (Lipinski definition) is 4. The van der Waals surface area contributed by atoms with Gasteiger partial charge in [0.25, 0.3) is 5.91 Å². The van der Waals surface area contributed by atoms with Crippen LogP contribution in [0.15, 0.2) is 54.6 Å². The Morgan fingerprint density at radius 2 is 1.51 bits per heavy atom. The number of rotatable bonds is 14. The summed E-state index contributed by atoms with van der Waals surface area (Å²) >= 11 is 0. The maximum atomic E-state index is 14.2. The van der Waals surface area contributed by atoms with Gasteiger partial charge in [-0.2, -0.15) is 0 Å². The molecule has 53 heavy (non-hydrogen) atoms. The number of nitrogens with one attached hydrogen (secondary N) is 4. The maximum Gasteiger partial charge on any atom is 0.408 e. The number of hydrogen-bond acceptors (Lipinski definition) is 8. The van der Waals surface area contributed by atoms with E-state index in [0.717, 1.165) is 11.1 Å². The summed E-state index contributed by atoms with van der Waals surface area (Å²) < 4.78 is 5.50. The molecule has 4 N–H and O–H groups in total. The van der Waals surface area contributed by atoms with Crippen molar-refractivity contribution in [3.05, 3.63) is 71.3 Å². The van der Waals surface area contributed by atoms with Gasteiger partial charge in [-0.3, -0.25) is 28.8 Å². The van der Waals surface area contributed by atoms with E-state index in [1.807, 2.05) is 24.3 Å². The molecule has 14 nitrogen and oxygen atoms in total. The van der Waals surface area contributed by atoms with E-state index in [-0.39, 0.29) is 24.8 Å². The molecule has 2 aromatic rings. The number of carbonyl (C=O) groups excluding carboxylic acids is 7. The van der Waals surface area contributed by atoms with Gasteiger partial charge in [0.1, 0.15) is 23.7 Å². The van der Waals surface area contributed by atoms with Crippen LogP contribution in [-0.4, -0.2) is 102 Å². The van der Waals surface area contributed by atoms with Gasteiger partial charge in [0.2, 0.25) is 29.4 Å². The zero-order valence-electron chi connectivity index (χ0n) is 31.4. The molecule has 1 aliphatic heterocycles. The average molecular weight is 733 g/mol. The highest BCUT2D eigenvalue weighted by molar-refractivity contribution is 6.38. The van der Waals surface area contributed by atoms with Gasteiger partial charge in [-0.1, -0.05) is 67.9 Å². The summed E-state index contributed by atoms with van der Waals surface area (Å²) in [5, 5.41) is 10.4. The minimum absolute atomic E-state index is 0.140. The Labute approximate surface area is 310 Å². The summed E-state index contributed by atoms with van der Waals surface area (Å²) in [5.74, 6) is -4.36. The van der Waals surface area contributed by atoms with Gasteiger partial charge in [0.05, 0.1) is 12.6 Å². The highest BCUT2D eigenvalue weighted by Crippen LogP contribution is 2.31. The zero-order valence-corrected chi connectivity index (χ0v) is 31.4. The molecule has 0 bridgehead atoms. The van der Waals surface area contributed by atoms with Gasteiger partial charge in [0.15, 0.2) is 0 Å². The van der Waals surface area contributed by atoms with Crippen molar-refractivity contribution in [1.82, 2.24) is 31.1 Å². The Kier molecular flexibility index (Phi) is 13.7. The number of likely N-dealkylation sites (tertiary alicyclic amines) is 1. The van der Waals surface area contributed by atoms with Crippen molar-refractivity contribution < 1.29 is 38.3 Å². The van der Waals surface area contributed by atoms with Crippen LogP contribution >= 0.6 is 0 Å². The number of Topliss-reactive ketones (excluding diaryl/α,β-unsaturated/α-hetero) is 1. The lowest BCUT2D eigenvalue weighted by molar-refractivity contribution is -0.143. The van der Waals surface area contributed by atoms with Crippen molar-refractivity contribution in [3.8, 4) is 0 Å². The van der Waals surface area contributed by atoms with Crippen LogP contribution in [0.25, 0.3) is 0 Å². The molecule has 0 saturated carbocycles. The van der Waals surface area contributed by atoms with Crippen molar-refractivity contribution in [3.63, 3.8) is 0 Å². The van der Waals surface area contributed by atoms with Crippen LogP contribution in [0.1, 0.15) is 76.1 Å². The molecule has 2 aliphatic rings. The van der Waals surface area contributed by atoms with E-state index in [2.05, 4.69) is 21.3 Å². The second-order valence-electron chi connectivity index (χ2n) is 14.8. The number of alkyl carbamates (subject to hydrolysis) is 1. The Balaban J connectivity index is 1.41. The van der Waals surface area contributed by atoms with E-state index in [4.69, 9.17) is 4.74 Å². The SMILES string of the molecule is CCCC(NC(=O)[C@@H]1CCCN1C(=O)[C@@H](NC(=O)OC(C)(C)C)C1Cc2ccccc2C1)C(=O)C(=O)NCC(=O)N[C@H](C(=O)N(C)C)c1ccccc1. The zero-order chi connectivity index (χ0) is 38.9. The molecule has 6 amide bonds. The van der Waals surface area contributed by atoms with Crippen LogP contribution in [0.5, 0.6) is 0 Å². The minimum Gasteiger partial charge on any atom is -0.444 e. The number of carbonyl (C=O) groups is 7. The third kappa shape index (κ3) is 10.9. The van der Waals surface area contributed by atoms with Crippen LogP contribution in [0.3, 0.4) is 0 Å². The lowest BCUT2D eigenvalue weighted by Gasteiger charge is -2.32. The summed E-state index contributed by atoms with van der Waals surface area (Å²) in [6.45, 7) is 6.67. The quantitative estimate of drug-likeness (QED) is 0.213. The fourth-order valence-electron chi connectivity index (χ4n) is 6.76. The minimum atomic E-state index is -1.21. The monoisotopic (exact) mass is 732 g/mol. The molecule has 0 aromatic heterocycles. The van der Waals surface area contributed by atoms with E-state index in [1.54, 1.807) is 72.1 Å². The van der Waals surface area contributed by atoms with E-state index in [9.17, 15) is 33.6 Å². The normalized spacial score (nSPS) is 17.1. The van der Waals surface area contributed by atoms with Gasteiger partial charge < -0.3 is 35.8 Å². The number of ketones is 1. The molecule has 0 spiro atoms.